The Morgan fingerprint density at radius 2 is 2.27 bits per heavy atom. The fraction of sp³-hybridized carbons (Fsp3) is 0. The molecule has 0 unspecified atom stereocenters. The Bertz CT molecular complexity index is 396. The van der Waals surface area contributed by atoms with Crippen LogP contribution in [0.2, 0.25) is 5.02 Å². The van der Waals surface area contributed by atoms with Crippen molar-refractivity contribution >= 4 is 17.1 Å². The van der Waals surface area contributed by atoms with E-state index in [4.69, 9.17) is 11.6 Å². The van der Waals surface area contributed by atoms with Crippen LogP contribution in [0.25, 0.3) is 5.52 Å². The minimum Gasteiger partial charge on any atom is -0.275 e. The van der Waals surface area contributed by atoms with Crippen molar-refractivity contribution in [3.8, 4) is 0 Å². The number of hydrogen-bond acceptors (Lipinski definition) is 1. The van der Waals surface area contributed by atoms with E-state index >= 15 is 0 Å². The quantitative estimate of drug-likeness (QED) is 0.554. The molecule has 0 aliphatic carbocycles. The zero-order chi connectivity index (χ0) is 7.84. The molecule has 2 aromatic rings. The molecular weight excluding hydrogens is 167 g/mol. The van der Waals surface area contributed by atoms with Gasteiger partial charge in [-0.05, 0) is 6.07 Å². The number of rotatable bonds is 0. The number of hydrogen-bond donors (Lipinski definition) is 0. The van der Waals surface area contributed by atoms with Crippen LogP contribution in [0.3, 0.4) is 0 Å². The van der Waals surface area contributed by atoms with Crippen LogP contribution in [0.5, 0.6) is 0 Å². The minimum atomic E-state index is -0.398. The molecule has 0 bridgehead atoms. The molecule has 2 heterocycles. The van der Waals surface area contributed by atoms with E-state index in [0.29, 0.717) is 10.5 Å². The predicted molar refractivity (Wildman–Crippen MR) is 40.2 cm³/mol. The summed E-state index contributed by atoms with van der Waals surface area (Å²) in [6.45, 7) is 0. The first kappa shape index (κ1) is 6.61. The highest BCUT2D eigenvalue weighted by molar-refractivity contribution is 6.30. The molecule has 2 nitrogen and oxygen atoms in total. The topological polar surface area (TPSA) is 17.3 Å². The van der Waals surface area contributed by atoms with Gasteiger partial charge in [-0.15, -0.1) is 0 Å². The van der Waals surface area contributed by atoms with Gasteiger partial charge in [0.2, 0.25) is 5.95 Å². The second-order valence-corrected chi connectivity index (χ2v) is 2.62. The van der Waals surface area contributed by atoms with Gasteiger partial charge in [0.05, 0.1) is 11.7 Å². The van der Waals surface area contributed by atoms with E-state index in [2.05, 4.69) is 4.98 Å². The summed E-state index contributed by atoms with van der Waals surface area (Å²) in [6, 6.07) is 2.90. The molecule has 2 aromatic heterocycles. The predicted octanol–water partition coefficient (Wildman–Crippen LogP) is 2.13. The molecule has 0 amide bonds. The van der Waals surface area contributed by atoms with E-state index in [1.807, 2.05) is 0 Å². The second kappa shape index (κ2) is 2.20. The average Bonchev–Trinajstić information content (AvgIpc) is 2.34. The normalized spacial score (nSPS) is 10.7. The summed E-state index contributed by atoms with van der Waals surface area (Å²) >= 11 is 5.60. The average molecular weight is 171 g/mol. The summed E-state index contributed by atoms with van der Waals surface area (Å²) in [4.78, 5) is 3.77. The van der Waals surface area contributed by atoms with Crippen molar-refractivity contribution in [1.29, 1.82) is 0 Å². The summed E-state index contributed by atoms with van der Waals surface area (Å²) in [7, 11) is 0. The summed E-state index contributed by atoms with van der Waals surface area (Å²) in [5.41, 5.74) is 0.662. The molecule has 0 atom stereocenters. The van der Waals surface area contributed by atoms with Crippen LogP contribution in [0.15, 0.2) is 24.7 Å². The third-order valence-electron chi connectivity index (χ3n) is 1.44. The maximum atomic E-state index is 12.9. The van der Waals surface area contributed by atoms with Gasteiger partial charge in [-0.25, -0.2) is 4.98 Å². The van der Waals surface area contributed by atoms with E-state index in [0.717, 1.165) is 0 Å². The van der Waals surface area contributed by atoms with E-state index in [-0.39, 0.29) is 0 Å². The molecule has 0 aromatic carbocycles. The van der Waals surface area contributed by atoms with Crippen molar-refractivity contribution in [3.05, 3.63) is 35.6 Å². The van der Waals surface area contributed by atoms with Crippen LogP contribution >= 0.6 is 11.6 Å². The number of pyridine rings is 1. The van der Waals surface area contributed by atoms with E-state index in [1.54, 1.807) is 12.3 Å². The number of nitrogens with zero attached hydrogens (tertiary/aromatic N) is 2. The third-order valence-corrected chi connectivity index (χ3v) is 1.66. The van der Waals surface area contributed by atoms with Crippen LogP contribution in [0.4, 0.5) is 4.39 Å². The molecule has 0 spiro atoms. The summed E-state index contributed by atoms with van der Waals surface area (Å²) in [5, 5.41) is 0.385. The van der Waals surface area contributed by atoms with Crippen molar-refractivity contribution in [2.75, 3.05) is 0 Å². The first-order chi connectivity index (χ1) is 5.27. The van der Waals surface area contributed by atoms with E-state index in [9.17, 15) is 4.39 Å². The largest absolute Gasteiger partial charge is 0.275 e. The minimum absolute atomic E-state index is 0.385. The molecule has 0 saturated heterocycles. The monoisotopic (exact) mass is 170 g/mol. The van der Waals surface area contributed by atoms with E-state index < -0.39 is 5.95 Å². The highest BCUT2D eigenvalue weighted by atomic mass is 35.5. The Morgan fingerprint density at radius 1 is 1.45 bits per heavy atom. The van der Waals surface area contributed by atoms with Crippen molar-refractivity contribution in [2.45, 2.75) is 0 Å². The van der Waals surface area contributed by atoms with Gasteiger partial charge in [0.15, 0.2) is 0 Å². The van der Waals surface area contributed by atoms with Crippen molar-refractivity contribution in [1.82, 2.24) is 9.38 Å². The van der Waals surface area contributed by atoms with E-state index in [1.165, 1.54) is 16.8 Å². The summed E-state index contributed by atoms with van der Waals surface area (Å²) in [6.07, 6.45) is 2.95. The highest BCUT2D eigenvalue weighted by Gasteiger charge is 2.00. The maximum absolute atomic E-state index is 12.9. The molecule has 11 heavy (non-hydrogen) atoms. The molecule has 0 saturated carbocycles. The third kappa shape index (κ3) is 0.973. The van der Waals surface area contributed by atoms with Crippen molar-refractivity contribution in [2.24, 2.45) is 0 Å². The van der Waals surface area contributed by atoms with Gasteiger partial charge in [-0.2, -0.15) is 4.39 Å². The Balaban J connectivity index is 2.91. The standard InChI is InChI=1S/C7H4ClFN2/c8-5-1-6-3-10-4-11(6)7(9)2-5/h1-4H. The smallest absolute Gasteiger partial charge is 0.200 e. The lowest BCUT2D eigenvalue weighted by atomic mass is 10.4. The number of fused-ring (bicyclic) bond motifs is 1. The number of aromatic nitrogens is 2. The summed E-state index contributed by atoms with van der Waals surface area (Å²) in [5.74, 6) is -0.398. The molecule has 2 rings (SSSR count). The molecule has 56 valence electrons. The molecular formula is C7H4ClFN2. The maximum Gasteiger partial charge on any atom is 0.200 e. The molecule has 0 aliphatic rings. The van der Waals surface area contributed by atoms with Crippen LogP contribution in [0.1, 0.15) is 0 Å². The fourth-order valence-corrected chi connectivity index (χ4v) is 1.16. The molecule has 0 aliphatic heterocycles. The highest BCUT2D eigenvalue weighted by Crippen LogP contribution is 2.14. The SMILES string of the molecule is Fc1cc(Cl)cc2cncn12. The Kier molecular flexibility index (Phi) is 1.32. The Labute approximate surface area is 67.2 Å². The van der Waals surface area contributed by atoms with Crippen molar-refractivity contribution in [3.63, 3.8) is 0 Å². The number of halogens is 2. The zero-order valence-corrected chi connectivity index (χ0v) is 6.22. The summed E-state index contributed by atoms with van der Waals surface area (Å²) < 4.78 is 14.2. The molecule has 0 radical (unpaired) electrons. The van der Waals surface area contributed by atoms with Gasteiger partial charge in [-0.3, -0.25) is 4.40 Å². The fourth-order valence-electron chi connectivity index (χ4n) is 0.957. The van der Waals surface area contributed by atoms with Crippen LogP contribution < -0.4 is 0 Å². The Hall–Kier alpha value is -1.09. The lowest BCUT2D eigenvalue weighted by molar-refractivity contribution is 0.567. The van der Waals surface area contributed by atoms with Gasteiger partial charge in [0.25, 0.3) is 0 Å². The number of imidazole rings is 1. The lowest BCUT2D eigenvalue weighted by Gasteiger charge is -1.95. The van der Waals surface area contributed by atoms with Gasteiger partial charge in [-0.1, -0.05) is 11.6 Å². The first-order valence-corrected chi connectivity index (χ1v) is 3.42. The molecule has 0 fully saturated rings. The Morgan fingerprint density at radius 3 is 3.09 bits per heavy atom. The van der Waals surface area contributed by atoms with Gasteiger partial charge >= 0.3 is 0 Å². The lowest BCUT2D eigenvalue weighted by Crippen LogP contribution is -1.88. The zero-order valence-electron chi connectivity index (χ0n) is 5.46. The van der Waals surface area contributed by atoms with Crippen LogP contribution in [-0.2, 0) is 0 Å². The molecule has 0 N–H and O–H groups in total. The van der Waals surface area contributed by atoms with Crippen molar-refractivity contribution < 1.29 is 4.39 Å². The first-order valence-electron chi connectivity index (χ1n) is 3.04. The van der Waals surface area contributed by atoms with Gasteiger partial charge in [0, 0.05) is 11.1 Å². The van der Waals surface area contributed by atoms with Gasteiger partial charge in [0.1, 0.15) is 6.33 Å². The van der Waals surface area contributed by atoms with Crippen LogP contribution in [-0.4, -0.2) is 9.38 Å². The van der Waals surface area contributed by atoms with Gasteiger partial charge < -0.3 is 0 Å². The molecule has 4 heteroatoms. The van der Waals surface area contributed by atoms with Crippen LogP contribution in [0, 0.1) is 5.95 Å². The second-order valence-electron chi connectivity index (χ2n) is 2.18.